The molecule has 0 aromatic heterocycles. The minimum absolute atomic E-state index is 0.00727. The normalized spacial score (nSPS) is 10.3. The summed E-state index contributed by atoms with van der Waals surface area (Å²) < 4.78 is 10.4. The quantitative estimate of drug-likeness (QED) is 0.780. The number of halogens is 1. The van der Waals surface area contributed by atoms with Crippen molar-refractivity contribution >= 4 is 17.4 Å². The van der Waals surface area contributed by atoms with E-state index in [-0.39, 0.29) is 5.78 Å². The van der Waals surface area contributed by atoms with E-state index in [1.54, 1.807) is 12.1 Å². The maximum absolute atomic E-state index is 12.4. The van der Waals surface area contributed by atoms with Gasteiger partial charge in [-0.1, -0.05) is 35.9 Å². The van der Waals surface area contributed by atoms with Crippen molar-refractivity contribution in [3.8, 4) is 11.5 Å². The number of ketones is 1. The highest BCUT2D eigenvalue weighted by Gasteiger charge is 2.16. The second-order valence-electron chi connectivity index (χ2n) is 4.72. The summed E-state index contributed by atoms with van der Waals surface area (Å²) in [6.45, 7) is 1.99. The number of benzene rings is 2. The van der Waals surface area contributed by atoms with E-state index in [0.29, 0.717) is 28.5 Å². The van der Waals surface area contributed by atoms with Gasteiger partial charge in [0.25, 0.3) is 0 Å². The van der Waals surface area contributed by atoms with Crippen LogP contribution in [0.15, 0.2) is 36.4 Å². The van der Waals surface area contributed by atoms with E-state index in [1.165, 1.54) is 14.2 Å². The summed E-state index contributed by atoms with van der Waals surface area (Å²) in [7, 11) is 3.03. The standard InChI is InChI=1S/C17H17ClO3/c1-11-6-4-5-7-12(11)9-15(19)13-8-14(18)17(21-3)16(10-13)20-2/h4-8,10H,9H2,1-3H3. The van der Waals surface area contributed by atoms with Crippen molar-refractivity contribution in [3.05, 3.63) is 58.1 Å². The third-order valence-electron chi connectivity index (χ3n) is 3.37. The molecule has 2 aromatic carbocycles. The number of hydrogen-bond acceptors (Lipinski definition) is 3. The van der Waals surface area contributed by atoms with Crippen molar-refractivity contribution in [3.63, 3.8) is 0 Å². The van der Waals surface area contributed by atoms with Crippen LogP contribution < -0.4 is 9.47 Å². The lowest BCUT2D eigenvalue weighted by Crippen LogP contribution is -2.06. The van der Waals surface area contributed by atoms with E-state index >= 15 is 0 Å². The molecule has 4 heteroatoms. The van der Waals surface area contributed by atoms with Crippen molar-refractivity contribution < 1.29 is 14.3 Å². The molecule has 21 heavy (non-hydrogen) atoms. The van der Waals surface area contributed by atoms with Crippen LogP contribution in [-0.2, 0) is 6.42 Å². The SMILES string of the molecule is COc1cc(C(=O)Cc2ccccc2C)cc(Cl)c1OC. The number of methoxy groups -OCH3 is 2. The Morgan fingerprint density at radius 3 is 2.48 bits per heavy atom. The third kappa shape index (κ3) is 3.37. The lowest BCUT2D eigenvalue weighted by Gasteiger charge is -2.11. The molecule has 0 unspecified atom stereocenters. The average molecular weight is 305 g/mol. The van der Waals surface area contributed by atoms with Gasteiger partial charge in [0.2, 0.25) is 0 Å². The van der Waals surface area contributed by atoms with E-state index in [0.717, 1.165) is 11.1 Å². The Hall–Kier alpha value is -2.00. The van der Waals surface area contributed by atoms with Crippen LogP contribution in [0.5, 0.6) is 11.5 Å². The zero-order valence-electron chi connectivity index (χ0n) is 12.3. The van der Waals surface area contributed by atoms with E-state index < -0.39 is 0 Å². The molecule has 0 radical (unpaired) electrons. The summed E-state index contributed by atoms with van der Waals surface area (Å²) in [5.74, 6) is 0.886. The number of carbonyl (C=O) groups is 1. The van der Waals surface area contributed by atoms with E-state index in [1.807, 2.05) is 31.2 Å². The minimum atomic E-state index is -0.00727. The Morgan fingerprint density at radius 2 is 1.86 bits per heavy atom. The summed E-state index contributed by atoms with van der Waals surface area (Å²) in [4.78, 5) is 12.4. The number of hydrogen-bond donors (Lipinski definition) is 0. The zero-order valence-corrected chi connectivity index (χ0v) is 13.0. The minimum Gasteiger partial charge on any atom is -0.493 e. The lowest BCUT2D eigenvalue weighted by atomic mass is 9.99. The molecule has 0 aliphatic rings. The summed E-state index contributed by atoms with van der Waals surface area (Å²) in [6, 6.07) is 11.1. The smallest absolute Gasteiger partial charge is 0.179 e. The van der Waals surface area contributed by atoms with Gasteiger partial charge in [0, 0.05) is 12.0 Å². The van der Waals surface area contributed by atoms with Gasteiger partial charge in [-0.2, -0.15) is 0 Å². The van der Waals surface area contributed by atoms with Crippen LogP contribution in [0.4, 0.5) is 0 Å². The molecule has 0 atom stereocenters. The van der Waals surface area contributed by atoms with Crippen molar-refractivity contribution in [2.75, 3.05) is 14.2 Å². The first-order valence-electron chi connectivity index (χ1n) is 6.56. The Kier molecular flexibility index (Phi) is 4.86. The highest BCUT2D eigenvalue weighted by atomic mass is 35.5. The van der Waals surface area contributed by atoms with Crippen LogP contribution in [0.25, 0.3) is 0 Å². The molecule has 2 aromatic rings. The van der Waals surface area contributed by atoms with Crippen LogP contribution in [0.1, 0.15) is 21.5 Å². The van der Waals surface area contributed by atoms with E-state index in [9.17, 15) is 4.79 Å². The molecule has 0 fully saturated rings. The molecule has 0 heterocycles. The Labute approximate surface area is 129 Å². The second-order valence-corrected chi connectivity index (χ2v) is 5.13. The van der Waals surface area contributed by atoms with Gasteiger partial charge < -0.3 is 9.47 Å². The van der Waals surface area contributed by atoms with Crippen LogP contribution in [0.2, 0.25) is 5.02 Å². The van der Waals surface area contributed by atoms with Crippen molar-refractivity contribution in [1.82, 2.24) is 0 Å². The second kappa shape index (κ2) is 6.64. The molecular weight excluding hydrogens is 288 g/mol. The molecule has 0 aliphatic carbocycles. The number of Topliss-reactive ketones (excluding diaryl/α,β-unsaturated/α-hetero) is 1. The summed E-state index contributed by atoms with van der Waals surface area (Å²) in [6.07, 6.45) is 0.332. The van der Waals surface area contributed by atoms with Gasteiger partial charge >= 0.3 is 0 Å². The van der Waals surface area contributed by atoms with Gasteiger partial charge in [-0.15, -0.1) is 0 Å². The fourth-order valence-electron chi connectivity index (χ4n) is 2.16. The van der Waals surface area contributed by atoms with Gasteiger partial charge in [-0.05, 0) is 30.2 Å². The third-order valence-corrected chi connectivity index (χ3v) is 3.65. The fraction of sp³-hybridized carbons (Fsp3) is 0.235. The zero-order chi connectivity index (χ0) is 15.4. The van der Waals surface area contributed by atoms with Crippen LogP contribution in [0, 0.1) is 6.92 Å². The number of ether oxygens (including phenoxy) is 2. The molecule has 0 saturated heterocycles. The number of rotatable bonds is 5. The van der Waals surface area contributed by atoms with Gasteiger partial charge in [-0.25, -0.2) is 0 Å². The Balaban J connectivity index is 2.32. The molecule has 110 valence electrons. The van der Waals surface area contributed by atoms with Gasteiger partial charge in [-0.3, -0.25) is 4.79 Å². The molecule has 0 bridgehead atoms. The van der Waals surface area contributed by atoms with Crippen LogP contribution in [0.3, 0.4) is 0 Å². The highest BCUT2D eigenvalue weighted by molar-refractivity contribution is 6.32. The van der Waals surface area contributed by atoms with Crippen molar-refractivity contribution in [2.45, 2.75) is 13.3 Å². The first kappa shape index (κ1) is 15.4. The maximum Gasteiger partial charge on any atom is 0.179 e. The molecule has 0 aliphatic heterocycles. The van der Waals surface area contributed by atoms with Crippen molar-refractivity contribution in [2.24, 2.45) is 0 Å². The fourth-order valence-corrected chi connectivity index (χ4v) is 2.45. The predicted octanol–water partition coefficient (Wildman–Crippen LogP) is 4.09. The van der Waals surface area contributed by atoms with E-state index in [4.69, 9.17) is 21.1 Å². The monoisotopic (exact) mass is 304 g/mol. The summed E-state index contributed by atoms with van der Waals surface area (Å²) >= 11 is 6.13. The summed E-state index contributed by atoms with van der Waals surface area (Å²) in [5, 5.41) is 0.366. The van der Waals surface area contributed by atoms with Gasteiger partial charge in [0.05, 0.1) is 19.2 Å². The van der Waals surface area contributed by atoms with E-state index in [2.05, 4.69) is 0 Å². The maximum atomic E-state index is 12.4. The number of carbonyl (C=O) groups excluding carboxylic acids is 1. The molecule has 3 nitrogen and oxygen atoms in total. The Morgan fingerprint density at radius 1 is 1.14 bits per heavy atom. The first-order chi connectivity index (χ1) is 10.1. The summed E-state index contributed by atoms with van der Waals surface area (Å²) in [5.41, 5.74) is 2.62. The molecule has 0 saturated carbocycles. The van der Waals surface area contributed by atoms with Crippen molar-refractivity contribution in [1.29, 1.82) is 0 Å². The molecule has 2 rings (SSSR count). The van der Waals surface area contributed by atoms with Gasteiger partial charge in [0.1, 0.15) is 0 Å². The van der Waals surface area contributed by atoms with Crippen LogP contribution in [-0.4, -0.2) is 20.0 Å². The first-order valence-corrected chi connectivity index (χ1v) is 6.93. The topological polar surface area (TPSA) is 35.5 Å². The highest BCUT2D eigenvalue weighted by Crippen LogP contribution is 2.36. The predicted molar refractivity (Wildman–Crippen MR) is 83.8 cm³/mol. The van der Waals surface area contributed by atoms with Crippen LogP contribution >= 0.6 is 11.6 Å². The average Bonchev–Trinajstić information content (AvgIpc) is 2.48. The van der Waals surface area contributed by atoms with Gasteiger partial charge in [0.15, 0.2) is 17.3 Å². The Bertz CT molecular complexity index is 665. The largest absolute Gasteiger partial charge is 0.493 e. The molecular formula is C17H17ClO3. The molecule has 0 N–H and O–H groups in total. The molecule has 0 amide bonds. The number of aryl methyl sites for hydroxylation is 1. The lowest BCUT2D eigenvalue weighted by molar-refractivity contribution is 0.0992. The molecule has 0 spiro atoms.